The summed E-state index contributed by atoms with van der Waals surface area (Å²) in [6.07, 6.45) is 1.72. The van der Waals surface area contributed by atoms with E-state index in [1.165, 1.54) is 4.90 Å². The van der Waals surface area contributed by atoms with Crippen LogP contribution in [0.2, 0.25) is 5.02 Å². The van der Waals surface area contributed by atoms with Gasteiger partial charge in [0.2, 0.25) is 0 Å². The Kier molecular flexibility index (Phi) is 7.85. The van der Waals surface area contributed by atoms with Crippen molar-refractivity contribution in [2.24, 2.45) is 0 Å². The molecular formula is C26H21ClINO4S. The Morgan fingerprint density at radius 2 is 1.82 bits per heavy atom. The first-order chi connectivity index (χ1) is 16.4. The first-order valence-electron chi connectivity index (χ1n) is 10.4. The molecule has 4 rings (SSSR count). The number of benzene rings is 3. The maximum Gasteiger partial charge on any atom is 0.293 e. The van der Waals surface area contributed by atoms with Gasteiger partial charge in [-0.15, -0.1) is 0 Å². The second kappa shape index (κ2) is 10.8. The standard InChI is InChI=1S/C26H21ClINO4S/c1-16-5-3-4-6-19(16)14-29-25(30)23(34-26(29)31)13-18-11-21(28)24(22(12-18)32-2)33-15-17-7-9-20(27)10-8-17/h3-13H,14-15H2,1-2H3/b23-13-. The van der Waals surface area contributed by atoms with Gasteiger partial charge in [-0.25, -0.2) is 0 Å². The number of aryl methyl sites for hydroxylation is 1. The molecule has 8 heteroatoms. The predicted molar refractivity (Wildman–Crippen MR) is 144 cm³/mol. The van der Waals surface area contributed by atoms with Gasteiger partial charge in [0.25, 0.3) is 11.1 Å². The molecule has 1 aliphatic rings. The second-order valence-electron chi connectivity index (χ2n) is 7.64. The molecule has 0 N–H and O–H groups in total. The van der Waals surface area contributed by atoms with Gasteiger partial charge in [-0.3, -0.25) is 14.5 Å². The normalized spacial score (nSPS) is 14.7. The maximum absolute atomic E-state index is 13.0. The average molecular weight is 606 g/mol. The molecule has 0 radical (unpaired) electrons. The highest BCUT2D eigenvalue weighted by atomic mass is 127. The van der Waals surface area contributed by atoms with E-state index in [2.05, 4.69) is 22.6 Å². The number of rotatable bonds is 7. The van der Waals surface area contributed by atoms with Crippen molar-refractivity contribution < 1.29 is 19.1 Å². The molecule has 0 unspecified atom stereocenters. The van der Waals surface area contributed by atoms with Crippen LogP contribution >= 0.6 is 46.0 Å². The van der Waals surface area contributed by atoms with Crippen molar-refractivity contribution in [1.82, 2.24) is 4.90 Å². The molecule has 34 heavy (non-hydrogen) atoms. The monoisotopic (exact) mass is 605 g/mol. The van der Waals surface area contributed by atoms with Gasteiger partial charge in [-0.2, -0.15) is 0 Å². The third-order valence-electron chi connectivity index (χ3n) is 5.31. The summed E-state index contributed by atoms with van der Waals surface area (Å²) in [5, 5.41) is 0.396. The lowest BCUT2D eigenvalue weighted by Gasteiger charge is -2.14. The van der Waals surface area contributed by atoms with Gasteiger partial charge >= 0.3 is 0 Å². The third kappa shape index (κ3) is 5.59. The zero-order valence-electron chi connectivity index (χ0n) is 18.5. The molecule has 0 aromatic heterocycles. The number of carbonyl (C=O) groups excluding carboxylic acids is 2. The van der Waals surface area contributed by atoms with Gasteiger partial charge in [-0.05, 0) is 93.9 Å². The van der Waals surface area contributed by atoms with E-state index in [4.69, 9.17) is 21.1 Å². The molecule has 3 aromatic rings. The Balaban J connectivity index is 1.53. The fourth-order valence-electron chi connectivity index (χ4n) is 3.44. The fraction of sp³-hybridized carbons (Fsp3) is 0.154. The quantitative estimate of drug-likeness (QED) is 0.213. The van der Waals surface area contributed by atoms with Crippen molar-refractivity contribution in [1.29, 1.82) is 0 Å². The topological polar surface area (TPSA) is 55.8 Å². The van der Waals surface area contributed by atoms with Gasteiger partial charge in [0.1, 0.15) is 6.61 Å². The van der Waals surface area contributed by atoms with Crippen LogP contribution in [-0.4, -0.2) is 23.2 Å². The number of nitrogens with zero attached hydrogens (tertiary/aromatic N) is 1. The number of methoxy groups -OCH3 is 1. The minimum Gasteiger partial charge on any atom is -0.493 e. The number of ether oxygens (including phenoxy) is 2. The summed E-state index contributed by atoms with van der Waals surface area (Å²) in [4.78, 5) is 27.2. The van der Waals surface area contributed by atoms with E-state index in [0.717, 1.165) is 37.6 Å². The predicted octanol–water partition coefficient (Wildman–Crippen LogP) is 7.08. The van der Waals surface area contributed by atoms with E-state index in [1.54, 1.807) is 19.3 Å². The zero-order valence-corrected chi connectivity index (χ0v) is 22.2. The summed E-state index contributed by atoms with van der Waals surface area (Å²) < 4.78 is 12.4. The van der Waals surface area contributed by atoms with Gasteiger partial charge in [-0.1, -0.05) is 48.0 Å². The molecule has 1 aliphatic heterocycles. The third-order valence-corrected chi connectivity index (χ3v) is 7.27. The van der Waals surface area contributed by atoms with Crippen molar-refractivity contribution in [3.8, 4) is 11.5 Å². The largest absolute Gasteiger partial charge is 0.493 e. The molecule has 1 saturated heterocycles. The van der Waals surface area contributed by atoms with Crippen LogP contribution in [0.4, 0.5) is 4.79 Å². The second-order valence-corrected chi connectivity index (χ2v) is 10.2. The van der Waals surface area contributed by atoms with Crippen molar-refractivity contribution in [3.05, 3.63) is 96.4 Å². The lowest BCUT2D eigenvalue weighted by atomic mass is 10.1. The van der Waals surface area contributed by atoms with Crippen LogP contribution in [0.25, 0.3) is 6.08 Å². The summed E-state index contributed by atoms with van der Waals surface area (Å²) in [5.74, 6) is 0.865. The maximum atomic E-state index is 13.0. The van der Waals surface area contributed by atoms with E-state index < -0.39 is 0 Å². The molecule has 5 nitrogen and oxygen atoms in total. The molecule has 1 fully saturated rings. The Morgan fingerprint density at radius 3 is 2.53 bits per heavy atom. The molecule has 0 bridgehead atoms. The van der Waals surface area contributed by atoms with Crippen LogP contribution in [0.3, 0.4) is 0 Å². The van der Waals surface area contributed by atoms with Crippen molar-refractivity contribution in [2.45, 2.75) is 20.1 Å². The summed E-state index contributed by atoms with van der Waals surface area (Å²) in [6.45, 7) is 2.59. The molecule has 2 amide bonds. The van der Waals surface area contributed by atoms with E-state index in [-0.39, 0.29) is 17.7 Å². The summed E-state index contributed by atoms with van der Waals surface area (Å²) in [7, 11) is 1.57. The highest BCUT2D eigenvalue weighted by Gasteiger charge is 2.35. The van der Waals surface area contributed by atoms with Crippen molar-refractivity contribution >= 4 is 63.2 Å². The zero-order chi connectivity index (χ0) is 24.2. The first-order valence-corrected chi connectivity index (χ1v) is 12.7. The lowest BCUT2D eigenvalue weighted by molar-refractivity contribution is -0.123. The van der Waals surface area contributed by atoms with Crippen molar-refractivity contribution in [3.63, 3.8) is 0 Å². The highest BCUT2D eigenvalue weighted by molar-refractivity contribution is 14.1. The lowest BCUT2D eigenvalue weighted by Crippen LogP contribution is -2.27. The van der Waals surface area contributed by atoms with E-state index in [0.29, 0.717) is 28.0 Å². The summed E-state index contributed by atoms with van der Waals surface area (Å²) in [6, 6.07) is 18.9. The molecule has 174 valence electrons. The van der Waals surface area contributed by atoms with Gasteiger partial charge in [0, 0.05) is 5.02 Å². The molecular weight excluding hydrogens is 585 g/mol. The smallest absolute Gasteiger partial charge is 0.293 e. The molecule has 1 heterocycles. The van der Waals surface area contributed by atoms with Gasteiger partial charge in [0.15, 0.2) is 11.5 Å². The number of amides is 2. The minimum absolute atomic E-state index is 0.257. The number of halogens is 2. The van der Waals surface area contributed by atoms with E-state index in [9.17, 15) is 9.59 Å². The van der Waals surface area contributed by atoms with Crippen LogP contribution in [0, 0.1) is 10.5 Å². The van der Waals surface area contributed by atoms with Crippen LogP contribution in [0.1, 0.15) is 22.3 Å². The molecule has 0 atom stereocenters. The number of hydrogen-bond acceptors (Lipinski definition) is 5. The summed E-state index contributed by atoms with van der Waals surface area (Å²) >= 11 is 9.07. The Hall–Kier alpha value is -2.49. The van der Waals surface area contributed by atoms with Crippen LogP contribution in [-0.2, 0) is 17.9 Å². The molecule has 0 aliphatic carbocycles. The number of thioether (sulfide) groups is 1. The first kappa shape index (κ1) is 24.6. The van der Waals surface area contributed by atoms with E-state index in [1.807, 2.05) is 61.5 Å². The Bertz CT molecular complexity index is 1280. The molecule has 0 saturated carbocycles. The van der Waals surface area contributed by atoms with Gasteiger partial charge < -0.3 is 9.47 Å². The van der Waals surface area contributed by atoms with E-state index >= 15 is 0 Å². The molecule has 3 aromatic carbocycles. The minimum atomic E-state index is -0.296. The van der Waals surface area contributed by atoms with Crippen molar-refractivity contribution in [2.75, 3.05) is 7.11 Å². The molecule has 0 spiro atoms. The number of imide groups is 1. The average Bonchev–Trinajstić information content (AvgIpc) is 3.07. The summed E-state index contributed by atoms with van der Waals surface area (Å²) in [5.41, 5.74) is 3.72. The Labute approximate surface area is 221 Å². The van der Waals surface area contributed by atoms with Crippen LogP contribution in [0.5, 0.6) is 11.5 Å². The van der Waals surface area contributed by atoms with Crippen LogP contribution < -0.4 is 9.47 Å². The van der Waals surface area contributed by atoms with Crippen LogP contribution in [0.15, 0.2) is 65.6 Å². The Morgan fingerprint density at radius 1 is 1.09 bits per heavy atom. The fourth-order valence-corrected chi connectivity index (χ4v) is 5.19. The number of hydrogen-bond donors (Lipinski definition) is 0. The number of carbonyl (C=O) groups is 2. The highest BCUT2D eigenvalue weighted by Crippen LogP contribution is 2.38. The van der Waals surface area contributed by atoms with Gasteiger partial charge in [0.05, 0.1) is 22.1 Å². The SMILES string of the molecule is COc1cc(/C=C2\SC(=O)N(Cc3ccccc3C)C2=O)cc(I)c1OCc1ccc(Cl)cc1.